The Labute approximate surface area is 124 Å². The van der Waals surface area contributed by atoms with Crippen molar-refractivity contribution in [2.45, 2.75) is 6.92 Å². The van der Waals surface area contributed by atoms with Gasteiger partial charge in [-0.1, -0.05) is 35.6 Å². The van der Waals surface area contributed by atoms with Crippen molar-refractivity contribution < 1.29 is 4.79 Å². The molecule has 0 aliphatic rings. The number of anilines is 2. The lowest BCUT2D eigenvalue weighted by molar-refractivity contribution is 0.102. The van der Waals surface area contributed by atoms with E-state index in [1.54, 1.807) is 0 Å². The number of fused-ring (bicyclic) bond motifs is 1. The molecular weight excluding hydrogens is 288 g/mol. The highest BCUT2D eigenvalue weighted by atomic mass is 32.1. The van der Waals surface area contributed by atoms with Crippen LogP contribution >= 0.6 is 11.3 Å². The maximum Gasteiger partial charge on any atom is 0.259 e. The normalized spacial score (nSPS) is 10.6. The van der Waals surface area contributed by atoms with Crippen LogP contribution in [0.2, 0.25) is 0 Å². The van der Waals surface area contributed by atoms with Crippen LogP contribution in [0.3, 0.4) is 0 Å². The molecule has 106 valence electrons. The van der Waals surface area contributed by atoms with Crippen LogP contribution in [0.4, 0.5) is 10.9 Å². The monoisotopic (exact) mass is 300 g/mol. The number of benzene rings is 1. The molecule has 0 radical (unpaired) electrons. The molecule has 0 bridgehead atoms. The first-order valence-corrected chi connectivity index (χ1v) is 6.96. The maximum atomic E-state index is 12.4. The molecule has 0 unspecified atom stereocenters. The summed E-state index contributed by atoms with van der Waals surface area (Å²) in [6.07, 6.45) is 1.49. The highest BCUT2D eigenvalue weighted by Crippen LogP contribution is 2.25. The minimum absolute atomic E-state index is 0.279. The van der Waals surface area contributed by atoms with Gasteiger partial charge in [0.2, 0.25) is 5.13 Å². The number of rotatable bonds is 3. The Morgan fingerprint density at radius 1 is 1.24 bits per heavy atom. The van der Waals surface area contributed by atoms with E-state index >= 15 is 0 Å². The van der Waals surface area contributed by atoms with E-state index in [9.17, 15) is 4.79 Å². The van der Waals surface area contributed by atoms with Gasteiger partial charge < -0.3 is 5.43 Å². The lowest BCUT2D eigenvalue weighted by Gasteiger charge is -2.09. The number of hydrogen-bond donors (Lipinski definition) is 3. The number of carbonyl (C=O) groups is 1. The summed E-state index contributed by atoms with van der Waals surface area (Å²) < 4.78 is 0. The zero-order valence-corrected chi connectivity index (χ0v) is 11.9. The lowest BCUT2D eigenvalue weighted by Crippen LogP contribution is -2.14. The summed E-state index contributed by atoms with van der Waals surface area (Å²) in [6.45, 7) is 1.83. The molecular formula is C13H12N6OS. The molecule has 0 atom stereocenters. The summed E-state index contributed by atoms with van der Waals surface area (Å²) in [5, 5.41) is 13.3. The SMILES string of the molecule is Cc1nnc(NC(=O)c2cnc(NN)c3ccccc23)s1. The van der Waals surface area contributed by atoms with Gasteiger partial charge in [-0.05, 0) is 12.3 Å². The summed E-state index contributed by atoms with van der Waals surface area (Å²) >= 11 is 1.32. The van der Waals surface area contributed by atoms with Crippen molar-refractivity contribution in [3.63, 3.8) is 0 Å². The molecule has 0 saturated carbocycles. The van der Waals surface area contributed by atoms with E-state index in [0.717, 1.165) is 15.8 Å². The van der Waals surface area contributed by atoms with E-state index < -0.39 is 0 Å². The molecule has 1 aromatic carbocycles. The number of hydrazine groups is 1. The van der Waals surface area contributed by atoms with Gasteiger partial charge >= 0.3 is 0 Å². The van der Waals surface area contributed by atoms with Crippen molar-refractivity contribution >= 4 is 39.0 Å². The van der Waals surface area contributed by atoms with Crippen LogP contribution in [0.25, 0.3) is 10.8 Å². The van der Waals surface area contributed by atoms with Gasteiger partial charge in [0.25, 0.3) is 5.91 Å². The fourth-order valence-electron chi connectivity index (χ4n) is 2.00. The van der Waals surface area contributed by atoms with E-state index in [-0.39, 0.29) is 5.91 Å². The third-order valence-electron chi connectivity index (χ3n) is 2.92. The van der Waals surface area contributed by atoms with Crippen molar-refractivity contribution in [2.75, 3.05) is 10.7 Å². The van der Waals surface area contributed by atoms with Crippen LogP contribution in [0, 0.1) is 6.92 Å². The molecule has 0 fully saturated rings. The number of nitrogens with two attached hydrogens (primary N) is 1. The molecule has 4 N–H and O–H groups in total. The van der Waals surface area contributed by atoms with Crippen LogP contribution in [0.1, 0.15) is 15.4 Å². The number of hydrogen-bond acceptors (Lipinski definition) is 7. The first-order valence-electron chi connectivity index (χ1n) is 6.15. The predicted octanol–water partition coefficient (Wildman–Crippen LogP) is 1.93. The van der Waals surface area contributed by atoms with Crippen molar-refractivity contribution in [1.29, 1.82) is 0 Å². The van der Waals surface area contributed by atoms with Gasteiger partial charge in [0, 0.05) is 11.6 Å². The second-order valence-corrected chi connectivity index (χ2v) is 5.47. The summed E-state index contributed by atoms with van der Waals surface area (Å²) in [7, 11) is 0. The minimum atomic E-state index is -0.279. The Morgan fingerprint density at radius 2 is 2.00 bits per heavy atom. The fraction of sp³-hybridized carbons (Fsp3) is 0.0769. The van der Waals surface area contributed by atoms with Gasteiger partial charge in [-0.15, -0.1) is 10.2 Å². The second-order valence-electron chi connectivity index (χ2n) is 4.29. The number of pyridine rings is 1. The van der Waals surface area contributed by atoms with Gasteiger partial charge in [0.05, 0.1) is 5.56 Å². The predicted molar refractivity (Wildman–Crippen MR) is 82.2 cm³/mol. The Morgan fingerprint density at radius 3 is 2.67 bits per heavy atom. The Kier molecular flexibility index (Phi) is 3.46. The molecule has 3 aromatic rings. The molecule has 8 heteroatoms. The molecule has 2 aromatic heterocycles. The molecule has 1 amide bonds. The molecule has 2 heterocycles. The first-order chi connectivity index (χ1) is 10.2. The smallest absolute Gasteiger partial charge is 0.259 e. The molecule has 21 heavy (non-hydrogen) atoms. The van der Waals surface area contributed by atoms with Crippen molar-refractivity contribution in [3.8, 4) is 0 Å². The van der Waals surface area contributed by atoms with E-state index in [2.05, 4.69) is 25.9 Å². The van der Waals surface area contributed by atoms with Crippen LogP contribution in [-0.2, 0) is 0 Å². The van der Waals surface area contributed by atoms with Crippen molar-refractivity contribution in [3.05, 3.63) is 41.0 Å². The average Bonchev–Trinajstić information content (AvgIpc) is 2.91. The van der Waals surface area contributed by atoms with E-state index in [1.165, 1.54) is 17.5 Å². The van der Waals surface area contributed by atoms with Crippen molar-refractivity contribution in [1.82, 2.24) is 15.2 Å². The second kappa shape index (κ2) is 5.43. The van der Waals surface area contributed by atoms with E-state index in [1.807, 2.05) is 31.2 Å². The average molecular weight is 300 g/mol. The highest BCUT2D eigenvalue weighted by molar-refractivity contribution is 7.15. The largest absolute Gasteiger partial charge is 0.308 e. The molecule has 0 aliphatic heterocycles. The van der Waals surface area contributed by atoms with E-state index in [4.69, 9.17) is 5.84 Å². The first kappa shape index (κ1) is 13.4. The molecule has 0 aliphatic carbocycles. The topological polar surface area (TPSA) is 106 Å². The van der Waals surface area contributed by atoms with Crippen LogP contribution in [0.5, 0.6) is 0 Å². The Balaban J connectivity index is 2.02. The third-order valence-corrected chi connectivity index (χ3v) is 3.68. The molecule has 0 saturated heterocycles. The fourth-order valence-corrected chi connectivity index (χ4v) is 2.59. The number of aryl methyl sites for hydroxylation is 1. The van der Waals surface area contributed by atoms with Gasteiger partial charge in [-0.2, -0.15) is 0 Å². The summed E-state index contributed by atoms with van der Waals surface area (Å²) in [5.74, 6) is 5.68. The van der Waals surface area contributed by atoms with Crippen LogP contribution < -0.4 is 16.6 Å². The molecule has 7 nitrogen and oxygen atoms in total. The number of nitrogen functional groups attached to an aromatic ring is 1. The summed E-state index contributed by atoms with van der Waals surface area (Å²) in [4.78, 5) is 16.5. The van der Waals surface area contributed by atoms with Crippen LogP contribution in [-0.4, -0.2) is 21.1 Å². The molecule has 3 rings (SSSR count). The Bertz CT molecular complexity index is 815. The minimum Gasteiger partial charge on any atom is -0.308 e. The van der Waals surface area contributed by atoms with E-state index in [0.29, 0.717) is 16.5 Å². The zero-order valence-electron chi connectivity index (χ0n) is 11.1. The number of amides is 1. The third kappa shape index (κ3) is 2.54. The van der Waals surface area contributed by atoms with Gasteiger partial charge in [0.15, 0.2) is 0 Å². The standard InChI is InChI=1S/C13H12N6OS/c1-7-18-19-13(21-7)16-12(20)10-6-15-11(17-14)9-5-3-2-4-8(9)10/h2-6H,14H2,1H3,(H,15,17)(H,16,19,20). The van der Waals surface area contributed by atoms with Crippen LogP contribution in [0.15, 0.2) is 30.5 Å². The maximum absolute atomic E-state index is 12.4. The highest BCUT2D eigenvalue weighted by Gasteiger charge is 2.14. The molecule has 0 spiro atoms. The van der Waals surface area contributed by atoms with Gasteiger partial charge in [0.1, 0.15) is 10.8 Å². The number of aromatic nitrogens is 3. The van der Waals surface area contributed by atoms with Gasteiger partial charge in [-0.3, -0.25) is 10.1 Å². The van der Waals surface area contributed by atoms with Gasteiger partial charge in [-0.25, -0.2) is 10.8 Å². The summed E-state index contributed by atoms with van der Waals surface area (Å²) in [6, 6.07) is 7.41. The number of nitrogens with one attached hydrogen (secondary N) is 2. The zero-order chi connectivity index (χ0) is 14.8. The number of carbonyl (C=O) groups excluding carboxylic acids is 1. The van der Waals surface area contributed by atoms with Crippen molar-refractivity contribution in [2.24, 2.45) is 5.84 Å². The summed E-state index contributed by atoms with van der Waals surface area (Å²) in [5.41, 5.74) is 2.98. The number of nitrogens with zero attached hydrogens (tertiary/aromatic N) is 3. The quantitative estimate of drug-likeness (QED) is 0.504. The Hall–Kier alpha value is -2.58. The lowest BCUT2D eigenvalue weighted by atomic mass is 10.1.